The Morgan fingerprint density at radius 1 is 1.42 bits per heavy atom. The number of nitrogens with zero attached hydrogens (tertiary/aromatic N) is 3. The molecular weight excluding hydrogens is 326 g/mol. The predicted molar refractivity (Wildman–Crippen MR) is 93.7 cm³/mol. The number of nitrogen functional groups attached to an aromatic ring is 1. The Balaban J connectivity index is 1.66. The zero-order valence-corrected chi connectivity index (χ0v) is 15.1. The van der Waals surface area contributed by atoms with Crippen LogP contribution < -0.4 is 11.1 Å². The van der Waals surface area contributed by atoms with Gasteiger partial charge >= 0.3 is 0 Å². The van der Waals surface area contributed by atoms with Gasteiger partial charge in [0.2, 0.25) is 11.0 Å². The van der Waals surface area contributed by atoms with Gasteiger partial charge < -0.3 is 20.7 Å². The zero-order valence-electron chi connectivity index (χ0n) is 14.3. The van der Waals surface area contributed by atoms with Gasteiger partial charge in [-0.05, 0) is 25.8 Å². The number of amides is 1. The van der Waals surface area contributed by atoms with Gasteiger partial charge in [-0.2, -0.15) is 0 Å². The second kappa shape index (κ2) is 7.76. The molecule has 3 N–H and O–H groups in total. The van der Waals surface area contributed by atoms with Crippen LogP contribution in [0.25, 0.3) is 0 Å². The van der Waals surface area contributed by atoms with Gasteiger partial charge in [-0.15, -0.1) is 10.2 Å². The maximum Gasteiger partial charge on any atom is 0.225 e. The van der Waals surface area contributed by atoms with Crippen molar-refractivity contribution in [3.05, 3.63) is 5.01 Å². The Morgan fingerprint density at radius 2 is 2.21 bits per heavy atom. The van der Waals surface area contributed by atoms with Gasteiger partial charge in [0.05, 0.1) is 18.1 Å². The van der Waals surface area contributed by atoms with Crippen LogP contribution in [-0.2, 0) is 15.1 Å². The molecule has 7 nitrogen and oxygen atoms in total. The molecule has 24 heavy (non-hydrogen) atoms. The summed E-state index contributed by atoms with van der Waals surface area (Å²) in [7, 11) is 1.71. The van der Waals surface area contributed by atoms with Crippen LogP contribution >= 0.6 is 11.3 Å². The molecule has 1 aliphatic heterocycles. The summed E-state index contributed by atoms with van der Waals surface area (Å²) < 4.78 is 5.13. The molecule has 1 aromatic heterocycles. The van der Waals surface area contributed by atoms with E-state index in [4.69, 9.17) is 10.5 Å². The van der Waals surface area contributed by atoms with Crippen molar-refractivity contribution in [2.75, 3.05) is 39.1 Å². The number of carbonyl (C=O) groups excluding carboxylic acids is 1. The number of nitrogens with two attached hydrogens (primary N) is 1. The van der Waals surface area contributed by atoms with Crippen LogP contribution in [0.1, 0.15) is 43.5 Å². The van der Waals surface area contributed by atoms with Crippen LogP contribution in [0.5, 0.6) is 0 Å². The molecule has 1 unspecified atom stereocenters. The van der Waals surface area contributed by atoms with Crippen LogP contribution in [-0.4, -0.2) is 54.4 Å². The molecule has 0 aromatic carbocycles. The first-order chi connectivity index (χ1) is 11.6. The van der Waals surface area contributed by atoms with Crippen LogP contribution in [0, 0.1) is 5.92 Å². The van der Waals surface area contributed by atoms with Gasteiger partial charge in [0.25, 0.3) is 0 Å². The molecule has 0 bridgehead atoms. The molecule has 1 aromatic rings. The van der Waals surface area contributed by atoms with Crippen LogP contribution in [0.15, 0.2) is 0 Å². The molecule has 1 aliphatic carbocycles. The third-order valence-corrected chi connectivity index (χ3v) is 6.13. The van der Waals surface area contributed by atoms with Crippen molar-refractivity contribution in [3.63, 3.8) is 0 Å². The van der Waals surface area contributed by atoms with Crippen molar-refractivity contribution >= 4 is 22.4 Å². The zero-order chi connectivity index (χ0) is 17.0. The highest BCUT2D eigenvalue weighted by atomic mass is 32.1. The van der Waals surface area contributed by atoms with E-state index >= 15 is 0 Å². The van der Waals surface area contributed by atoms with E-state index in [0.29, 0.717) is 11.7 Å². The molecule has 2 heterocycles. The van der Waals surface area contributed by atoms with E-state index < -0.39 is 0 Å². The van der Waals surface area contributed by atoms with Gasteiger partial charge in [0.15, 0.2) is 0 Å². The molecule has 134 valence electrons. The average Bonchev–Trinajstić information content (AvgIpc) is 3.23. The minimum atomic E-state index is -0.370. The first-order valence-corrected chi connectivity index (χ1v) is 9.57. The summed E-state index contributed by atoms with van der Waals surface area (Å²) in [6.45, 7) is 3.37. The molecule has 1 saturated heterocycles. The quantitative estimate of drug-likeness (QED) is 0.802. The fourth-order valence-corrected chi connectivity index (χ4v) is 4.60. The summed E-state index contributed by atoms with van der Waals surface area (Å²) in [5.74, 6) is 0.191. The monoisotopic (exact) mass is 353 g/mol. The predicted octanol–water partition coefficient (Wildman–Crippen LogP) is 1.36. The molecule has 8 heteroatoms. The van der Waals surface area contributed by atoms with E-state index in [-0.39, 0.29) is 17.4 Å². The minimum Gasteiger partial charge on any atom is -0.383 e. The Bertz CT molecular complexity index is 558. The van der Waals surface area contributed by atoms with E-state index in [1.807, 2.05) is 0 Å². The van der Waals surface area contributed by atoms with E-state index in [0.717, 1.165) is 56.7 Å². The third kappa shape index (κ3) is 3.87. The molecule has 1 atom stereocenters. The van der Waals surface area contributed by atoms with Crippen molar-refractivity contribution in [2.45, 2.75) is 44.1 Å². The van der Waals surface area contributed by atoms with Gasteiger partial charge in [-0.25, -0.2) is 0 Å². The summed E-state index contributed by atoms with van der Waals surface area (Å²) in [4.78, 5) is 15.2. The van der Waals surface area contributed by atoms with Crippen molar-refractivity contribution in [3.8, 4) is 0 Å². The number of aromatic nitrogens is 2. The van der Waals surface area contributed by atoms with Crippen molar-refractivity contribution < 1.29 is 9.53 Å². The molecular formula is C16H27N5O2S. The second-order valence-corrected chi connectivity index (χ2v) is 7.87. The maximum absolute atomic E-state index is 12.9. The first kappa shape index (κ1) is 17.6. The lowest BCUT2D eigenvalue weighted by Crippen LogP contribution is -2.49. The van der Waals surface area contributed by atoms with E-state index in [1.165, 1.54) is 17.8 Å². The third-order valence-electron chi connectivity index (χ3n) is 5.17. The van der Waals surface area contributed by atoms with Crippen LogP contribution in [0.2, 0.25) is 0 Å². The van der Waals surface area contributed by atoms with E-state index in [2.05, 4.69) is 20.4 Å². The standard InChI is InChI=1S/C16H27N5O2S/c1-23-10-9-21-8-5-12(11-21)13(22)18-16(6-3-2-4-7-16)14-19-20-15(17)24-14/h12H,2-11H2,1H3,(H2,17,20)(H,18,22). The van der Waals surface area contributed by atoms with Crippen molar-refractivity contribution in [1.82, 2.24) is 20.4 Å². The van der Waals surface area contributed by atoms with Crippen molar-refractivity contribution in [2.24, 2.45) is 5.92 Å². The van der Waals surface area contributed by atoms with Crippen molar-refractivity contribution in [1.29, 1.82) is 0 Å². The fourth-order valence-electron chi connectivity index (χ4n) is 3.78. The number of ether oxygens (including phenoxy) is 1. The van der Waals surface area contributed by atoms with Gasteiger partial charge in [-0.1, -0.05) is 30.6 Å². The number of carbonyl (C=O) groups is 1. The van der Waals surface area contributed by atoms with Gasteiger partial charge in [0, 0.05) is 20.2 Å². The fraction of sp³-hybridized carbons (Fsp3) is 0.812. The van der Waals surface area contributed by atoms with E-state index in [1.54, 1.807) is 7.11 Å². The Labute approximate surface area is 147 Å². The second-order valence-electron chi connectivity index (χ2n) is 6.86. The molecule has 2 fully saturated rings. The average molecular weight is 353 g/mol. The first-order valence-electron chi connectivity index (χ1n) is 8.76. The summed E-state index contributed by atoms with van der Waals surface area (Å²) in [5.41, 5.74) is 5.41. The summed E-state index contributed by atoms with van der Waals surface area (Å²) >= 11 is 1.40. The Morgan fingerprint density at radius 3 is 2.88 bits per heavy atom. The number of hydrogen-bond donors (Lipinski definition) is 2. The SMILES string of the molecule is COCCN1CCC(C(=O)NC2(c3nnc(N)s3)CCCCC2)C1. The summed E-state index contributed by atoms with van der Waals surface area (Å²) in [6, 6.07) is 0. The number of hydrogen-bond acceptors (Lipinski definition) is 7. The molecule has 0 radical (unpaired) electrons. The number of methoxy groups -OCH3 is 1. The van der Waals surface area contributed by atoms with E-state index in [9.17, 15) is 4.79 Å². The Hall–Kier alpha value is -1.25. The topological polar surface area (TPSA) is 93.4 Å². The number of nitrogens with one attached hydrogen (secondary N) is 1. The van der Waals surface area contributed by atoms with Gasteiger partial charge in [0.1, 0.15) is 5.01 Å². The molecule has 1 saturated carbocycles. The Kier molecular flexibility index (Phi) is 5.68. The highest BCUT2D eigenvalue weighted by molar-refractivity contribution is 7.15. The number of likely N-dealkylation sites (tertiary alicyclic amines) is 1. The van der Waals surface area contributed by atoms with Gasteiger partial charge in [-0.3, -0.25) is 4.79 Å². The van der Waals surface area contributed by atoms with Crippen LogP contribution in [0.4, 0.5) is 5.13 Å². The molecule has 2 aliphatic rings. The summed E-state index contributed by atoms with van der Waals surface area (Å²) in [6.07, 6.45) is 6.17. The normalized spacial score (nSPS) is 24.1. The highest BCUT2D eigenvalue weighted by Crippen LogP contribution is 2.39. The molecule has 0 spiro atoms. The highest BCUT2D eigenvalue weighted by Gasteiger charge is 2.41. The molecule has 1 amide bonds. The largest absolute Gasteiger partial charge is 0.383 e. The lowest BCUT2D eigenvalue weighted by Gasteiger charge is -2.36. The maximum atomic E-state index is 12.9. The number of rotatable bonds is 6. The minimum absolute atomic E-state index is 0.0472. The number of anilines is 1. The lowest BCUT2D eigenvalue weighted by atomic mass is 9.81. The molecule has 3 rings (SSSR count). The lowest BCUT2D eigenvalue weighted by molar-refractivity contribution is -0.127. The summed E-state index contributed by atoms with van der Waals surface area (Å²) in [5, 5.41) is 12.9. The van der Waals surface area contributed by atoms with Crippen LogP contribution in [0.3, 0.4) is 0 Å². The smallest absolute Gasteiger partial charge is 0.225 e.